The quantitative estimate of drug-likeness (QED) is 0.656. The Morgan fingerprint density at radius 2 is 2.30 bits per heavy atom. The highest BCUT2D eigenvalue weighted by molar-refractivity contribution is 9.10. The van der Waals surface area contributed by atoms with Crippen LogP contribution in [0.15, 0.2) is 22.7 Å². The Bertz CT molecular complexity index is 507. The second-order valence-corrected chi connectivity index (χ2v) is 6.03. The van der Waals surface area contributed by atoms with Crippen LogP contribution >= 0.6 is 15.9 Å². The van der Waals surface area contributed by atoms with Gasteiger partial charge in [0.2, 0.25) is 0 Å². The smallest absolute Gasteiger partial charge is 0.273 e. The van der Waals surface area contributed by atoms with Gasteiger partial charge in [-0.3, -0.25) is 10.1 Å². The molecule has 1 N–H and O–H groups in total. The van der Waals surface area contributed by atoms with Crippen molar-refractivity contribution >= 4 is 21.6 Å². The molecule has 110 valence electrons. The van der Waals surface area contributed by atoms with Crippen molar-refractivity contribution in [3.8, 4) is 0 Å². The lowest BCUT2D eigenvalue weighted by Crippen LogP contribution is -2.30. The number of hydrogen-bond acceptors (Lipinski definition) is 5. The van der Waals surface area contributed by atoms with E-state index >= 15 is 0 Å². The Kier molecular flexibility index (Phi) is 4.74. The number of hydrogen-bond donors (Lipinski definition) is 1. The number of nitro benzene ring substituents is 1. The maximum absolute atomic E-state index is 11.0. The van der Waals surface area contributed by atoms with E-state index in [1.165, 1.54) is 6.07 Å². The van der Waals surface area contributed by atoms with Crippen molar-refractivity contribution in [2.75, 3.05) is 13.2 Å². The number of halogens is 1. The molecule has 0 bridgehead atoms. The first-order chi connectivity index (χ1) is 9.37. The summed E-state index contributed by atoms with van der Waals surface area (Å²) in [6, 6.07) is 4.92. The van der Waals surface area contributed by atoms with Gasteiger partial charge in [0.05, 0.1) is 17.6 Å². The highest BCUT2D eigenvalue weighted by atomic mass is 79.9. The molecule has 7 heteroatoms. The molecule has 1 aromatic carbocycles. The number of ether oxygens (including phenoxy) is 2. The summed E-state index contributed by atoms with van der Waals surface area (Å²) in [6.45, 7) is 5.27. The lowest BCUT2D eigenvalue weighted by atomic mass is 10.2. The van der Waals surface area contributed by atoms with E-state index in [0.717, 1.165) is 4.47 Å². The van der Waals surface area contributed by atoms with Crippen LogP contribution in [0.4, 0.5) is 5.69 Å². The van der Waals surface area contributed by atoms with Crippen molar-refractivity contribution in [3.63, 3.8) is 0 Å². The minimum atomic E-state index is -0.548. The van der Waals surface area contributed by atoms with Gasteiger partial charge in [-0.25, -0.2) is 0 Å². The molecule has 1 atom stereocenters. The van der Waals surface area contributed by atoms with E-state index < -0.39 is 5.79 Å². The fourth-order valence-corrected chi connectivity index (χ4v) is 2.51. The third-order valence-electron chi connectivity index (χ3n) is 2.99. The summed E-state index contributed by atoms with van der Waals surface area (Å²) in [7, 11) is 0. The maximum Gasteiger partial charge on any atom is 0.273 e. The fourth-order valence-electron chi connectivity index (χ4n) is 2.11. The van der Waals surface area contributed by atoms with Gasteiger partial charge in [-0.15, -0.1) is 0 Å². The van der Waals surface area contributed by atoms with E-state index in [1.807, 2.05) is 13.8 Å². The molecule has 0 radical (unpaired) electrons. The zero-order valence-corrected chi connectivity index (χ0v) is 13.0. The molecule has 0 aromatic heterocycles. The van der Waals surface area contributed by atoms with Crippen molar-refractivity contribution in [3.05, 3.63) is 38.3 Å². The van der Waals surface area contributed by atoms with E-state index in [-0.39, 0.29) is 16.7 Å². The standard InChI is InChI=1S/C13H17BrN2O4/c1-13(2)19-8-11(20-13)7-15-6-9-5-10(14)3-4-12(9)16(17)18/h3-5,11,15H,6-8H2,1-2H3. The van der Waals surface area contributed by atoms with Crippen LogP contribution in [-0.2, 0) is 16.0 Å². The van der Waals surface area contributed by atoms with Gasteiger partial charge in [0.25, 0.3) is 5.69 Å². The molecule has 1 heterocycles. The van der Waals surface area contributed by atoms with Crippen LogP contribution in [0.3, 0.4) is 0 Å². The van der Waals surface area contributed by atoms with E-state index in [0.29, 0.717) is 25.3 Å². The Morgan fingerprint density at radius 1 is 1.55 bits per heavy atom. The summed E-state index contributed by atoms with van der Waals surface area (Å²) >= 11 is 3.32. The molecule has 6 nitrogen and oxygen atoms in total. The number of nitrogens with one attached hydrogen (secondary N) is 1. The van der Waals surface area contributed by atoms with Crippen molar-refractivity contribution < 1.29 is 14.4 Å². The molecule has 0 saturated carbocycles. The SMILES string of the molecule is CC1(C)OCC(CNCc2cc(Br)ccc2[N+](=O)[O-])O1. The van der Waals surface area contributed by atoms with Crippen molar-refractivity contribution in [2.45, 2.75) is 32.3 Å². The summed E-state index contributed by atoms with van der Waals surface area (Å²) < 4.78 is 11.9. The highest BCUT2D eigenvalue weighted by Crippen LogP contribution is 2.24. The van der Waals surface area contributed by atoms with Crippen LogP contribution in [0.1, 0.15) is 19.4 Å². The van der Waals surface area contributed by atoms with E-state index in [9.17, 15) is 10.1 Å². The van der Waals surface area contributed by atoms with Crippen LogP contribution < -0.4 is 5.32 Å². The third kappa shape index (κ3) is 3.99. The van der Waals surface area contributed by atoms with Gasteiger partial charge < -0.3 is 14.8 Å². The Morgan fingerprint density at radius 3 is 2.90 bits per heavy atom. The molecule has 0 spiro atoms. The van der Waals surface area contributed by atoms with Gasteiger partial charge >= 0.3 is 0 Å². The van der Waals surface area contributed by atoms with Crippen LogP contribution in [-0.4, -0.2) is 30.0 Å². The zero-order valence-electron chi connectivity index (χ0n) is 11.4. The Labute approximate surface area is 125 Å². The van der Waals surface area contributed by atoms with Crippen LogP contribution in [0.25, 0.3) is 0 Å². The van der Waals surface area contributed by atoms with Gasteiger partial charge in [0.1, 0.15) is 0 Å². The molecule has 1 saturated heterocycles. The summed E-state index contributed by atoms with van der Waals surface area (Å²) in [4.78, 5) is 10.6. The molecule has 1 fully saturated rings. The third-order valence-corrected chi connectivity index (χ3v) is 3.49. The molecule has 20 heavy (non-hydrogen) atoms. The summed E-state index contributed by atoms with van der Waals surface area (Å²) in [5.41, 5.74) is 0.757. The fraction of sp³-hybridized carbons (Fsp3) is 0.538. The zero-order chi connectivity index (χ0) is 14.8. The lowest BCUT2D eigenvalue weighted by molar-refractivity contribution is -0.385. The molecule has 1 unspecified atom stereocenters. The topological polar surface area (TPSA) is 73.6 Å². The molecular weight excluding hydrogens is 328 g/mol. The molecule has 0 aliphatic carbocycles. The molecular formula is C13H17BrN2O4. The van der Waals surface area contributed by atoms with Crippen LogP contribution in [0.5, 0.6) is 0 Å². The summed E-state index contributed by atoms with van der Waals surface area (Å²) in [5, 5.41) is 14.1. The number of nitro groups is 1. The number of rotatable bonds is 5. The Balaban J connectivity index is 1.91. The maximum atomic E-state index is 11.0. The number of nitrogens with zero attached hydrogens (tertiary/aromatic N) is 1. The summed E-state index contributed by atoms with van der Waals surface area (Å²) in [5.74, 6) is -0.548. The molecule has 0 amide bonds. The van der Waals surface area contributed by atoms with Crippen molar-refractivity contribution in [2.24, 2.45) is 0 Å². The van der Waals surface area contributed by atoms with Crippen LogP contribution in [0, 0.1) is 10.1 Å². The van der Waals surface area contributed by atoms with E-state index in [4.69, 9.17) is 9.47 Å². The average Bonchev–Trinajstić information content (AvgIpc) is 2.68. The largest absolute Gasteiger partial charge is 0.348 e. The van der Waals surface area contributed by atoms with Gasteiger partial charge in [-0.1, -0.05) is 15.9 Å². The normalized spacial score (nSPS) is 21.1. The monoisotopic (exact) mass is 344 g/mol. The predicted molar refractivity (Wildman–Crippen MR) is 77.4 cm³/mol. The van der Waals surface area contributed by atoms with Gasteiger partial charge in [-0.2, -0.15) is 0 Å². The predicted octanol–water partition coefficient (Wildman–Crippen LogP) is 2.60. The average molecular weight is 345 g/mol. The van der Waals surface area contributed by atoms with Crippen molar-refractivity contribution in [1.29, 1.82) is 0 Å². The first kappa shape index (κ1) is 15.4. The molecule has 1 aromatic rings. The van der Waals surface area contributed by atoms with E-state index in [2.05, 4.69) is 21.2 Å². The van der Waals surface area contributed by atoms with Gasteiger partial charge in [0, 0.05) is 29.2 Å². The second-order valence-electron chi connectivity index (χ2n) is 5.11. The molecule has 1 aliphatic rings. The van der Waals surface area contributed by atoms with Gasteiger partial charge in [0.15, 0.2) is 5.79 Å². The van der Waals surface area contributed by atoms with E-state index in [1.54, 1.807) is 12.1 Å². The highest BCUT2D eigenvalue weighted by Gasteiger charge is 2.32. The number of benzene rings is 1. The minimum absolute atomic E-state index is 0.0313. The Hall–Kier alpha value is -1.02. The first-order valence-electron chi connectivity index (χ1n) is 6.33. The van der Waals surface area contributed by atoms with Crippen molar-refractivity contribution in [1.82, 2.24) is 5.32 Å². The summed E-state index contributed by atoms with van der Waals surface area (Å²) in [6.07, 6.45) is -0.0313. The molecule has 1 aliphatic heterocycles. The lowest BCUT2D eigenvalue weighted by Gasteiger charge is -2.17. The first-order valence-corrected chi connectivity index (χ1v) is 7.12. The molecule has 2 rings (SSSR count). The second kappa shape index (κ2) is 6.17. The van der Waals surface area contributed by atoms with Crippen LogP contribution in [0.2, 0.25) is 0 Å². The minimum Gasteiger partial charge on any atom is -0.348 e. The van der Waals surface area contributed by atoms with Gasteiger partial charge in [-0.05, 0) is 26.0 Å².